The molecule has 1 heterocycles. The second-order valence-electron chi connectivity index (χ2n) is 6.21. The maximum absolute atomic E-state index is 13.1. The summed E-state index contributed by atoms with van der Waals surface area (Å²) < 4.78 is 45.7. The summed E-state index contributed by atoms with van der Waals surface area (Å²) in [5, 5.41) is 9.58. The number of aromatic nitrogens is 2. The monoisotopic (exact) mass is 383 g/mol. The first-order valence-corrected chi connectivity index (χ1v) is 8.37. The number of benzene rings is 1. The van der Waals surface area contributed by atoms with E-state index >= 15 is 0 Å². The summed E-state index contributed by atoms with van der Waals surface area (Å²) in [5.41, 5.74) is 1.15. The number of hydrogen-bond acceptors (Lipinski definition) is 3. The standard InChI is InChI=1S/C18H24F3N5O/c1-11-6-7-15(27-5)14(8-11)12(2)24-17(22-3)23-9-13-10-26(4)25-16(13)18(19,20)21/h6-8,10,12H,9H2,1-5H3,(H2,22,23,24). The van der Waals surface area contributed by atoms with Crippen molar-refractivity contribution >= 4 is 5.96 Å². The lowest BCUT2D eigenvalue weighted by atomic mass is 10.0. The van der Waals surface area contributed by atoms with Gasteiger partial charge in [0.05, 0.1) is 13.2 Å². The number of rotatable bonds is 5. The summed E-state index contributed by atoms with van der Waals surface area (Å²) in [6.07, 6.45) is -3.16. The van der Waals surface area contributed by atoms with Crippen LogP contribution in [-0.4, -0.2) is 29.9 Å². The molecule has 0 aliphatic carbocycles. The van der Waals surface area contributed by atoms with Gasteiger partial charge in [0.1, 0.15) is 5.75 Å². The van der Waals surface area contributed by atoms with Crippen LogP contribution >= 0.6 is 0 Å². The van der Waals surface area contributed by atoms with E-state index < -0.39 is 11.9 Å². The molecule has 27 heavy (non-hydrogen) atoms. The van der Waals surface area contributed by atoms with Gasteiger partial charge in [-0.25, -0.2) is 0 Å². The molecular formula is C18H24F3N5O. The Kier molecular flexibility index (Phi) is 6.35. The molecule has 0 saturated heterocycles. The van der Waals surface area contributed by atoms with Gasteiger partial charge in [-0.2, -0.15) is 18.3 Å². The van der Waals surface area contributed by atoms with Crippen LogP contribution in [0.25, 0.3) is 0 Å². The number of hydrogen-bond donors (Lipinski definition) is 2. The lowest BCUT2D eigenvalue weighted by Crippen LogP contribution is -2.38. The lowest BCUT2D eigenvalue weighted by Gasteiger charge is -2.20. The Hall–Kier alpha value is -2.71. The molecule has 0 fully saturated rings. The highest BCUT2D eigenvalue weighted by atomic mass is 19.4. The van der Waals surface area contributed by atoms with E-state index in [9.17, 15) is 13.2 Å². The predicted octanol–water partition coefficient (Wildman–Crippen LogP) is 3.18. The smallest absolute Gasteiger partial charge is 0.435 e. The number of halogens is 3. The molecule has 0 aliphatic heterocycles. The molecule has 148 valence electrons. The molecule has 1 unspecified atom stereocenters. The van der Waals surface area contributed by atoms with Gasteiger partial charge < -0.3 is 15.4 Å². The summed E-state index contributed by atoms with van der Waals surface area (Å²) in [6.45, 7) is 3.85. The van der Waals surface area contributed by atoms with Crippen LogP contribution in [0.4, 0.5) is 13.2 Å². The fourth-order valence-corrected chi connectivity index (χ4v) is 2.75. The summed E-state index contributed by atoms with van der Waals surface area (Å²) in [4.78, 5) is 4.09. The van der Waals surface area contributed by atoms with Gasteiger partial charge in [-0.1, -0.05) is 17.7 Å². The van der Waals surface area contributed by atoms with Gasteiger partial charge in [-0.15, -0.1) is 0 Å². The first-order valence-electron chi connectivity index (χ1n) is 8.37. The van der Waals surface area contributed by atoms with Crippen molar-refractivity contribution in [3.63, 3.8) is 0 Å². The van der Waals surface area contributed by atoms with Crippen LogP contribution in [0.1, 0.15) is 35.3 Å². The zero-order valence-electron chi connectivity index (χ0n) is 16.0. The second kappa shape index (κ2) is 8.32. The highest BCUT2D eigenvalue weighted by Gasteiger charge is 2.36. The van der Waals surface area contributed by atoms with E-state index in [0.717, 1.165) is 21.6 Å². The summed E-state index contributed by atoms with van der Waals surface area (Å²) >= 11 is 0. The Morgan fingerprint density at radius 2 is 2.07 bits per heavy atom. The van der Waals surface area contributed by atoms with Crippen LogP contribution in [-0.2, 0) is 19.8 Å². The van der Waals surface area contributed by atoms with Crippen LogP contribution in [0.2, 0.25) is 0 Å². The molecule has 0 amide bonds. The molecule has 0 aliphatic rings. The molecule has 1 aromatic heterocycles. The third-order valence-corrected chi connectivity index (χ3v) is 4.05. The zero-order chi connectivity index (χ0) is 20.2. The summed E-state index contributed by atoms with van der Waals surface area (Å²) in [6, 6.07) is 5.65. The van der Waals surface area contributed by atoms with Crippen LogP contribution in [0.15, 0.2) is 29.4 Å². The van der Waals surface area contributed by atoms with Crippen LogP contribution in [0.5, 0.6) is 5.75 Å². The van der Waals surface area contributed by atoms with Crippen molar-refractivity contribution < 1.29 is 17.9 Å². The predicted molar refractivity (Wildman–Crippen MR) is 97.7 cm³/mol. The highest BCUT2D eigenvalue weighted by Crippen LogP contribution is 2.30. The number of guanidine groups is 1. The molecule has 2 N–H and O–H groups in total. The van der Waals surface area contributed by atoms with E-state index in [1.807, 2.05) is 32.0 Å². The number of nitrogens with one attached hydrogen (secondary N) is 2. The van der Waals surface area contributed by atoms with Crippen molar-refractivity contribution in [3.05, 3.63) is 46.8 Å². The molecular weight excluding hydrogens is 359 g/mol. The SMILES string of the molecule is CN=C(NCc1cn(C)nc1C(F)(F)F)NC(C)c1cc(C)ccc1OC. The number of ether oxygens (including phenoxy) is 1. The average molecular weight is 383 g/mol. The second-order valence-corrected chi connectivity index (χ2v) is 6.21. The zero-order valence-corrected chi connectivity index (χ0v) is 16.0. The van der Waals surface area contributed by atoms with E-state index in [0.29, 0.717) is 5.96 Å². The van der Waals surface area contributed by atoms with E-state index in [2.05, 4.69) is 20.7 Å². The molecule has 6 nitrogen and oxygen atoms in total. The maximum atomic E-state index is 13.1. The maximum Gasteiger partial charge on any atom is 0.435 e. The molecule has 0 spiro atoms. The summed E-state index contributed by atoms with van der Waals surface area (Å²) in [5.74, 6) is 1.10. The first kappa shape index (κ1) is 20.6. The normalized spacial score (nSPS) is 13.4. The van der Waals surface area contributed by atoms with Crippen molar-refractivity contribution in [2.24, 2.45) is 12.0 Å². The Bertz CT molecular complexity index is 814. The van der Waals surface area contributed by atoms with E-state index in [-0.39, 0.29) is 18.2 Å². The largest absolute Gasteiger partial charge is 0.496 e. The molecule has 1 aromatic carbocycles. The van der Waals surface area contributed by atoms with E-state index in [4.69, 9.17) is 4.74 Å². The Morgan fingerprint density at radius 3 is 2.67 bits per heavy atom. The number of aliphatic imine (C=N–C) groups is 1. The Morgan fingerprint density at radius 1 is 1.37 bits per heavy atom. The topological polar surface area (TPSA) is 63.5 Å². The number of aryl methyl sites for hydroxylation is 2. The first-order chi connectivity index (χ1) is 12.7. The van der Waals surface area contributed by atoms with Crippen LogP contribution in [0.3, 0.4) is 0 Å². The van der Waals surface area contributed by atoms with Crippen molar-refractivity contribution in [1.82, 2.24) is 20.4 Å². The van der Waals surface area contributed by atoms with E-state index in [1.54, 1.807) is 14.2 Å². The van der Waals surface area contributed by atoms with E-state index in [1.165, 1.54) is 13.2 Å². The lowest BCUT2D eigenvalue weighted by molar-refractivity contribution is -0.142. The summed E-state index contributed by atoms with van der Waals surface area (Å²) in [7, 11) is 4.61. The van der Waals surface area contributed by atoms with Gasteiger partial charge in [0.15, 0.2) is 11.7 Å². The minimum absolute atomic E-state index is 0.0498. The highest BCUT2D eigenvalue weighted by molar-refractivity contribution is 5.80. The minimum Gasteiger partial charge on any atom is -0.496 e. The number of nitrogens with zero attached hydrogens (tertiary/aromatic N) is 3. The molecule has 1 atom stereocenters. The third kappa shape index (κ3) is 5.15. The van der Waals surface area contributed by atoms with Gasteiger partial charge in [-0.3, -0.25) is 9.67 Å². The van der Waals surface area contributed by atoms with Crippen molar-refractivity contribution in [1.29, 1.82) is 0 Å². The van der Waals surface area contributed by atoms with Gasteiger partial charge in [0, 0.05) is 38.0 Å². The molecule has 2 aromatic rings. The molecule has 0 radical (unpaired) electrons. The Labute approximate surface area is 156 Å². The van der Waals surface area contributed by atoms with Gasteiger partial charge in [-0.05, 0) is 19.9 Å². The molecule has 0 saturated carbocycles. The fourth-order valence-electron chi connectivity index (χ4n) is 2.75. The Balaban J connectivity index is 2.10. The molecule has 9 heteroatoms. The van der Waals surface area contributed by atoms with Crippen molar-refractivity contribution in [2.45, 2.75) is 32.6 Å². The average Bonchev–Trinajstić information content (AvgIpc) is 2.99. The van der Waals surface area contributed by atoms with Crippen molar-refractivity contribution in [2.75, 3.05) is 14.2 Å². The third-order valence-electron chi connectivity index (χ3n) is 4.05. The number of methoxy groups -OCH3 is 1. The fraction of sp³-hybridized carbons (Fsp3) is 0.444. The van der Waals surface area contributed by atoms with Gasteiger partial charge in [0.2, 0.25) is 0 Å². The van der Waals surface area contributed by atoms with Crippen molar-refractivity contribution in [3.8, 4) is 5.75 Å². The van der Waals surface area contributed by atoms with Gasteiger partial charge >= 0.3 is 6.18 Å². The van der Waals surface area contributed by atoms with Gasteiger partial charge in [0.25, 0.3) is 0 Å². The number of alkyl halides is 3. The van der Waals surface area contributed by atoms with Crippen LogP contribution in [0, 0.1) is 6.92 Å². The van der Waals surface area contributed by atoms with Crippen LogP contribution < -0.4 is 15.4 Å². The molecule has 2 rings (SSSR count). The minimum atomic E-state index is -4.50. The molecule has 0 bridgehead atoms. The quantitative estimate of drug-likeness (QED) is 0.615.